The number of esters is 1. The van der Waals surface area contributed by atoms with Gasteiger partial charge in [-0.05, 0) is 55.5 Å². The molecule has 0 bridgehead atoms. The van der Waals surface area contributed by atoms with E-state index in [4.69, 9.17) is 27.9 Å². The van der Waals surface area contributed by atoms with Crippen molar-refractivity contribution < 1.29 is 14.3 Å². The van der Waals surface area contributed by atoms with Crippen molar-refractivity contribution in [3.63, 3.8) is 0 Å². The normalized spacial score (nSPS) is 11.6. The minimum Gasteiger partial charge on any atom is -0.449 e. The smallest absolute Gasteiger partial charge is 0.338 e. The van der Waals surface area contributed by atoms with Crippen molar-refractivity contribution >= 4 is 40.8 Å². The Labute approximate surface area is 138 Å². The molecular weight excluding hydrogens is 325 g/mol. The summed E-state index contributed by atoms with van der Waals surface area (Å²) in [5.41, 5.74) is 0.902. The molecule has 114 valence electrons. The van der Waals surface area contributed by atoms with Crippen molar-refractivity contribution in [3.8, 4) is 0 Å². The lowest BCUT2D eigenvalue weighted by atomic mass is 10.2. The van der Waals surface area contributed by atoms with Gasteiger partial charge in [-0.15, -0.1) is 0 Å². The molecule has 0 aliphatic carbocycles. The van der Waals surface area contributed by atoms with E-state index in [1.165, 1.54) is 19.1 Å². The average molecular weight is 338 g/mol. The quantitative estimate of drug-likeness (QED) is 0.851. The van der Waals surface area contributed by atoms with Crippen molar-refractivity contribution in [2.24, 2.45) is 0 Å². The van der Waals surface area contributed by atoms with Gasteiger partial charge < -0.3 is 10.1 Å². The lowest BCUT2D eigenvalue weighted by Crippen LogP contribution is -2.29. The van der Waals surface area contributed by atoms with Crippen molar-refractivity contribution in [3.05, 3.63) is 64.1 Å². The highest BCUT2D eigenvalue weighted by Crippen LogP contribution is 2.15. The Hall–Kier alpha value is -2.04. The maximum atomic E-state index is 12.0. The first-order chi connectivity index (χ1) is 10.5. The molecule has 2 rings (SSSR count). The van der Waals surface area contributed by atoms with E-state index in [-0.39, 0.29) is 0 Å². The van der Waals surface area contributed by atoms with Crippen molar-refractivity contribution in [1.29, 1.82) is 0 Å². The molecule has 2 aromatic carbocycles. The Bertz CT molecular complexity index is 669. The topological polar surface area (TPSA) is 55.4 Å². The minimum absolute atomic E-state index is 0.329. The van der Waals surface area contributed by atoms with E-state index in [0.717, 1.165) is 0 Å². The van der Waals surface area contributed by atoms with Crippen LogP contribution in [0.4, 0.5) is 5.69 Å². The standard InChI is InChI=1S/C16H13Cl2NO3/c1-10(15(20)19-14-8-6-13(18)7-9-14)22-16(21)11-2-4-12(17)5-3-11/h2-10H,1H3,(H,19,20). The highest BCUT2D eigenvalue weighted by atomic mass is 35.5. The molecule has 0 aliphatic rings. The molecule has 1 N–H and O–H groups in total. The number of ether oxygens (including phenoxy) is 1. The third-order valence-corrected chi connectivity index (χ3v) is 3.35. The van der Waals surface area contributed by atoms with Crippen molar-refractivity contribution in [2.45, 2.75) is 13.0 Å². The second-order valence-corrected chi connectivity index (χ2v) is 5.42. The predicted molar refractivity (Wildman–Crippen MR) is 86.4 cm³/mol. The van der Waals surface area contributed by atoms with Crippen LogP contribution in [0.25, 0.3) is 0 Å². The molecule has 1 unspecified atom stereocenters. The summed E-state index contributed by atoms with van der Waals surface area (Å²) in [4.78, 5) is 23.9. The molecule has 0 heterocycles. The van der Waals surface area contributed by atoms with Gasteiger partial charge in [0.05, 0.1) is 5.56 Å². The van der Waals surface area contributed by atoms with Crippen LogP contribution in [0.2, 0.25) is 10.0 Å². The van der Waals surface area contributed by atoms with E-state index in [1.54, 1.807) is 36.4 Å². The van der Waals surface area contributed by atoms with Crippen LogP contribution in [0.1, 0.15) is 17.3 Å². The maximum Gasteiger partial charge on any atom is 0.338 e. The van der Waals surface area contributed by atoms with Gasteiger partial charge in [-0.1, -0.05) is 23.2 Å². The van der Waals surface area contributed by atoms with Crippen LogP contribution in [0, 0.1) is 0 Å². The Kier molecular flexibility index (Phi) is 5.41. The summed E-state index contributed by atoms with van der Waals surface area (Å²) in [6, 6.07) is 12.9. The van der Waals surface area contributed by atoms with Gasteiger partial charge in [0.15, 0.2) is 6.10 Å². The second-order valence-electron chi connectivity index (χ2n) is 4.55. The number of anilines is 1. The van der Waals surface area contributed by atoms with Crippen LogP contribution in [0.3, 0.4) is 0 Å². The van der Waals surface area contributed by atoms with E-state index < -0.39 is 18.0 Å². The fraction of sp³-hybridized carbons (Fsp3) is 0.125. The summed E-state index contributed by atoms with van der Waals surface area (Å²) in [5.74, 6) is -1.01. The van der Waals surface area contributed by atoms with Gasteiger partial charge in [-0.2, -0.15) is 0 Å². The van der Waals surface area contributed by atoms with Crippen LogP contribution >= 0.6 is 23.2 Å². The Balaban J connectivity index is 1.94. The first kappa shape index (κ1) is 16.3. The fourth-order valence-corrected chi connectivity index (χ4v) is 1.90. The number of hydrogen-bond donors (Lipinski definition) is 1. The SMILES string of the molecule is CC(OC(=O)c1ccc(Cl)cc1)C(=O)Nc1ccc(Cl)cc1. The summed E-state index contributed by atoms with van der Waals surface area (Å²) in [7, 11) is 0. The lowest BCUT2D eigenvalue weighted by molar-refractivity contribution is -0.123. The molecule has 0 saturated heterocycles. The molecular formula is C16H13Cl2NO3. The third-order valence-electron chi connectivity index (χ3n) is 2.84. The largest absolute Gasteiger partial charge is 0.449 e. The summed E-state index contributed by atoms with van der Waals surface area (Å²) in [6.07, 6.45) is -0.932. The van der Waals surface area contributed by atoms with Crippen LogP contribution in [0.5, 0.6) is 0 Å². The number of hydrogen-bond acceptors (Lipinski definition) is 3. The van der Waals surface area contributed by atoms with Gasteiger partial charge in [0.25, 0.3) is 5.91 Å². The molecule has 0 fully saturated rings. The zero-order valence-corrected chi connectivity index (χ0v) is 13.2. The molecule has 2 aromatic rings. The monoisotopic (exact) mass is 337 g/mol. The second kappa shape index (κ2) is 7.29. The first-order valence-electron chi connectivity index (χ1n) is 6.48. The molecule has 0 aromatic heterocycles. The highest BCUT2D eigenvalue weighted by molar-refractivity contribution is 6.31. The zero-order chi connectivity index (χ0) is 16.1. The first-order valence-corrected chi connectivity index (χ1v) is 7.24. The minimum atomic E-state index is -0.932. The van der Waals surface area contributed by atoms with E-state index in [1.807, 2.05) is 0 Å². The Morgan fingerprint density at radius 2 is 1.45 bits per heavy atom. The molecule has 0 saturated carbocycles. The van der Waals surface area contributed by atoms with Gasteiger partial charge in [-0.3, -0.25) is 4.79 Å². The number of benzene rings is 2. The molecule has 0 radical (unpaired) electrons. The average Bonchev–Trinajstić information content (AvgIpc) is 2.50. The van der Waals surface area contributed by atoms with Gasteiger partial charge in [0.1, 0.15) is 0 Å². The van der Waals surface area contributed by atoms with Gasteiger partial charge in [0, 0.05) is 15.7 Å². The Morgan fingerprint density at radius 3 is 2.00 bits per heavy atom. The van der Waals surface area contributed by atoms with E-state index in [9.17, 15) is 9.59 Å². The number of carbonyl (C=O) groups excluding carboxylic acids is 2. The maximum absolute atomic E-state index is 12.0. The van der Waals surface area contributed by atoms with Crippen LogP contribution in [0.15, 0.2) is 48.5 Å². The van der Waals surface area contributed by atoms with Crippen LogP contribution in [-0.4, -0.2) is 18.0 Å². The molecule has 4 nitrogen and oxygen atoms in total. The Morgan fingerprint density at radius 1 is 0.955 bits per heavy atom. The highest BCUT2D eigenvalue weighted by Gasteiger charge is 2.19. The number of rotatable bonds is 4. The summed E-state index contributed by atoms with van der Waals surface area (Å²) >= 11 is 11.5. The van der Waals surface area contributed by atoms with Gasteiger partial charge in [-0.25, -0.2) is 4.79 Å². The third kappa shape index (κ3) is 4.48. The fourth-order valence-electron chi connectivity index (χ4n) is 1.65. The lowest BCUT2D eigenvalue weighted by Gasteiger charge is -2.13. The molecule has 22 heavy (non-hydrogen) atoms. The molecule has 1 amide bonds. The number of amides is 1. The zero-order valence-electron chi connectivity index (χ0n) is 11.7. The van der Waals surface area contributed by atoms with Crippen molar-refractivity contribution in [2.75, 3.05) is 5.32 Å². The van der Waals surface area contributed by atoms with Crippen molar-refractivity contribution in [1.82, 2.24) is 0 Å². The number of halogens is 2. The molecule has 1 atom stereocenters. The summed E-state index contributed by atoms with van der Waals surface area (Å²) < 4.78 is 5.11. The summed E-state index contributed by atoms with van der Waals surface area (Å²) in [6.45, 7) is 1.50. The molecule has 0 spiro atoms. The number of carbonyl (C=O) groups is 2. The van der Waals surface area contributed by atoms with Gasteiger partial charge >= 0.3 is 5.97 Å². The van der Waals surface area contributed by atoms with Gasteiger partial charge in [0.2, 0.25) is 0 Å². The van der Waals surface area contributed by atoms with E-state index >= 15 is 0 Å². The summed E-state index contributed by atoms with van der Waals surface area (Å²) in [5, 5.41) is 3.73. The number of nitrogens with one attached hydrogen (secondary N) is 1. The van der Waals surface area contributed by atoms with Crippen LogP contribution in [-0.2, 0) is 9.53 Å². The van der Waals surface area contributed by atoms with E-state index in [0.29, 0.717) is 21.3 Å². The molecule has 6 heteroatoms. The van der Waals surface area contributed by atoms with Crippen LogP contribution < -0.4 is 5.32 Å². The molecule has 0 aliphatic heterocycles. The van der Waals surface area contributed by atoms with E-state index in [2.05, 4.69) is 5.32 Å². The predicted octanol–water partition coefficient (Wildman–Crippen LogP) is 4.18.